The van der Waals surface area contributed by atoms with Crippen molar-refractivity contribution in [3.8, 4) is 0 Å². The second-order valence-electron chi connectivity index (χ2n) is 11.4. The molecular weight excluding hydrogens is 380 g/mol. The average molecular weight is 420 g/mol. The van der Waals surface area contributed by atoms with Crippen LogP contribution in [0.2, 0.25) is 0 Å². The number of aliphatic hydroxyl groups excluding tert-OH is 1. The molecule has 5 nitrogen and oxygen atoms in total. The Morgan fingerprint density at radius 3 is 2.43 bits per heavy atom. The van der Waals surface area contributed by atoms with Crippen molar-refractivity contribution >= 4 is 11.9 Å². The third kappa shape index (κ3) is 3.49. The van der Waals surface area contributed by atoms with Crippen molar-refractivity contribution in [1.29, 1.82) is 0 Å². The number of ether oxygens (including phenoxy) is 1. The summed E-state index contributed by atoms with van der Waals surface area (Å²) in [4.78, 5) is 23.7. The number of hydrogen-bond donors (Lipinski definition) is 1. The molecule has 0 radical (unpaired) electrons. The first-order chi connectivity index (χ1) is 14.2. The number of aliphatic carboxylic acids is 1. The lowest BCUT2D eigenvalue weighted by atomic mass is 9.44. The standard InChI is InChI=1S/C25H40O5/c1-24-12-10-16(26)14-15(24)4-5-17-19-7-8-20(25(19,2)13-11-21(17)24)18(23(28)29)6-9-22(27)30-3/h15-21,26H,4-14H2,1-3H3,(H,28,29)/p-1/t15-,16-,17?,18+,19?,20+,21?,24-,25-/m0/s1. The van der Waals surface area contributed by atoms with Crippen LogP contribution in [-0.4, -0.2) is 30.3 Å². The monoisotopic (exact) mass is 419 g/mol. The molecule has 0 aromatic carbocycles. The Hall–Kier alpha value is -1.10. The number of esters is 1. The largest absolute Gasteiger partial charge is 0.550 e. The van der Waals surface area contributed by atoms with Crippen molar-refractivity contribution in [3.05, 3.63) is 0 Å². The first-order valence-electron chi connectivity index (χ1n) is 12.2. The molecule has 0 aromatic rings. The number of carboxylic acids is 1. The van der Waals surface area contributed by atoms with E-state index in [4.69, 9.17) is 4.74 Å². The molecular formula is C25H39O5-. The first-order valence-corrected chi connectivity index (χ1v) is 12.2. The van der Waals surface area contributed by atoms with E-state index in [-0.39, 0.29) is 29.8 Å². The summed E-state index contributed by atoms with van der Waals surface area (Å²) in [7, 11) is 1.35. The molecule has 5 heteroatoms. The van der Waals surface area contributed by atoms with Gasteiger partial charge in [-0.15, -0.1) is 0 Å². The van der Waals surface area contributed by atoms with Gasteiger partial charge in [-0.1, -0.05) is 13.8 Å². The summed E-state index contributed by atoms with van der Waals surface area (Å²) in [6.07, 6.45) is 10.1. The highest BCUT2D eigenvalue weighted by atomic mass is 16.5. The number of carbonyl (C=O) groups is 2. The van der Waals surface area contributed by atoms with E-state index in [2.05, 4.69) is 13.8 Å². The number of aliphatic hydroxyl groups is 1. The van der Waals surface area contributed by atoms with Gasteiger partial charge in [0.25, 0.3) is 0 Å². The van der Waals surface area contributed by atoms with E-state index in [1.165, 1.54) is 26.4 Å². The molecule has 30 heavy (non-hydrogen) atoms. The summed E-state index contributed by atoms with van der Waals surface area (Å²) in [6.45, 7) is 4.81. The lowest BCUT2D eigenvalue weighted by Gasteiger charge is -2.61. The normalized spacial score (nSPS) is 46.3. The van der Waals surface area contributed by atoms with Gasteiger partial charge in [0, 0.05) is 18.3 Å². The second kappa shape index (κ2) is 8.11. The predicted molar refractivity (Wildman–Crippen MR) is 111 cm³/mol. The van der Waals surface area contributed by atoms with Gasteiger partial charge in [0.2, 0.25) is 0 Å². The maximum atomic E-state index is 12.1. The SMILES string of the molecule is COC(=O)CC[C@@H](C(=O)[O-])[C@H]1CCC2C3CC[C@H]4C[C@@H](O)CC[C@]4(C)C3CC[C@@]21C. The smallest absolute Gasteiger partial charge is 0.305 e. The van der Waals surface area contributed by atoms with Crippen LogP contribution < -0.4 is 5.11 Å². The van der Waals surface area contributed by atoms with E-state index in [9.17, 15) is 19.8 Å². The van der Waals surface area contributed by atoms with Gasteiger partial charge in [0.15, 0.2) is 0 Å². The van der Waals surface area contributed by atoms with Crippen LogP contribution in [0.4, 0.5) is 0 Å². The Kier molecular flexibility index (Phi) is 5.97. The van der Waals surface area contributed by atoms with Gasteiger partial charge in [-0.3, -0.25) is 4.79 Å². The van der Waals surface area contributed by atoms with Crippen LogP contribution in [0.15, 0.2) is 0 Å². The van der Waals surface area contributed by atoms with Gasteiger partial charge < -0.3 is 19.7 Å². The van der Waals surface area contributed by atoms with E-state index >= 15 is 0 Å². The molecule has 0 bridgehead atoms. The quantitative estimate of drug-likeness (QED) is 0.691. The molecule has 170 valence electrons. The Bertz CT molecular complexity index is 676. The fraction of sp³-hybridized carbons (Fsp3) is 0.920. The second-order valence-corrected chi connectivity index (χ2v) is 11.4. The minimum Gasteiger partial charge on any atom is -0.550 e. The number of carboxylic acid groups (broad SMARTS) is 1. The van der Waals surface area contributed by atoms with Gasteiger partial charge in [0.1, 0.15) is 0 Å². The van der Waals surface area contributed by atoms with E-state index in [1.54, 1.807) is 0 Å². The topological polar surface area (TPSA) is 86.7 Å². The number of fused-ring (bicyclic) bond motifs is 5. The lowest BCUT2D eigenvalue weighted by Crippen LogP contribution is -2.54. The molecule has 0 heterocycles. The average Bonchev–Trinajstić information content (AvgIpc) is 3.05. The molecule has 4 saturated carbocycles. The highest BCUT2D eigenvalue weighted by molar-refractivity contribution is 5.72. The van der Waals surface area contributed by atoms with Crippen molar-refractivity contribution in [2.24, 2.45) is 46.3 Å². The summed E-state index contributed by atoms with van der Waals surface area (Å²) < 4.78 is 4.74. The van der Waals surface area contributed by atoms with E-state index < -0.39 is 11.9 Å². The van der Waals surface area contributed by atoms with Crippen molar-refractivity contribution < 1.29 is 24.5 Å². The zero-order chi connectivity index (χ0) is 21.7. The maximum Gasteiger partial charge on any atom is 0.305 e. The van der Waals surface area contributed by atoms with Crippen LogP contribution in [0.25, 0.3) is 0 Å². The summed E-state index contributed by atoms with van der Waals surface area (Å²) in [5.41, 5.74) is 0.361. The highest BCUT2D eigenvalue weighted by Crippen LogP contribution is 2.68. The molecule has 0 spiro atoms. The van der Waals surface area contributed by atoms with Crippen molar-refractivity contribution in [2.45, 2.75) is 90.6 Å². The van der Waals surface area contributed by atoms with Crippen molar-refractivity contribution in [1.82, 2.24) is 0 Å². The Morgan fingerprint density at radius 1 is 1.03 bits per heavy atom. The molecule has 1 N–H and O–H groups in total. The summed E-state index contributed by atoms with van der Waals surface area (Å²) in [6, 6.07) is 0. The van der Waals surface area contributed by atoms with Crippen molar-refractivity contribution in [3.63, 3.8) is 0 Å². The van der Waals surface area contributed by atoms with Gasteiger partial charge in [-0.25, -0.2) is 0 Å². The Labute approximate surface area is 180 Å². The van der Waals surface area contributed by atoms with Gasteiger partial charge in [-0.05, 0) is 105 Å². The summed E-state index contributed by atoms with van der Waals surface area (Å²) >= 11 is 0. The predicted octanol–water partition coefficient (Wildman–Crippen LogP) is 3.33. The third-order valence-electron chi connectivity index (χ3n) is 10.4. The van der Waals surface area contributed by atoms with Crippen LogP contribution in [0.1, 0.15) is 84.5 Å². The van der Waals surface area contributed by atoms with Crippen LogP contribution in [-0.2, 0) is 14.3 Å². The highest BCUT2D eigenvalue weighted by Gasteiger charge is 2.60. The van der Waals surface area contributed by atoms with Crippen LogP contribution in [0.5, 0.6) is 0 Å². The number of carbonyl (C=O) groups excluding carboxylic acids is 2. The molecule has 0 aliphatic heterocycles. The van der Waals surface area contributed by atoms with Crippen LogP contribution >= 0.6 is 0 Å². The van der Waals surface area contributed by atoms with Gasteiger partial charge in [-0.2, -0.15) is 0 Å². The third-order valence-corrected chi connectivity index (χ3v) is 10.4. The minimum absolute atomic E-state index is 0.0272. The first kappa shape index (κ1) is 22.1. The Balaban J connectivity index is 1.53. The van der Waals surface area contributed by atoms with E-state index in [1.807, 2.05) is 0 Å². The van der Waals surface area contributed by atoms with E-state index in [0.717, 1.165) is 38.5 Å². The molecule has 4 rings (SSSR count). The van der Waals surface area contributed by atoms with Gasteiger partial charge in [0.05, 0.1) is 13.2 Å². The molecule has 3 unspecified atom stereocenters. The minimum atomic E-state index is -0.996. The lowest BCUT2D eigenvalue weighted by molar-refractivity contribution is -0.315. The van der Waals surface area contributed by atoms with Crippen LogP contribution in [0, 0.1) is 46.3 Å². The number of methoxy groups -OCH3 is 1. The fourth-order valence-corrected chi connectivity index (χ4v) is 8.80. The molecule has 0 saturated heterocycles. The fourth-order valence-electron chi connectivity index (χ4n) is 8.80. The zero-order valence-electron chi connectivity index (χ0n) is 18.9. The number of hydrogen-bond acceptors (Lipinski definition) is 5. The summed E-state index contributed by atoms with van der Waals surface area (Å²) in [5, 5.41) is 22.3. The van der Waals surface area contributed by atoms with Gasteiger partial charge >= 0.3 is 5.97 Å². The molecule has 0 amide bonds. The molecule has 4 fully saturated rings. The molecule has 0 aromatic heterocycles. The molecule has 4 aliphatic carbocycles. The van der Waals surface area contributed by atoms with E-state index in [0.29, 0.717) is 35.5 Å². The molecule has 4 aliphatic rings. The van der Waals surface area contributed by atoms with Crippen molar-refractivity contribution in [2.75, 3.05) is 7.11 Å². The zero-order valence-corrected chi connectivity index (χ0v) is 18.9. The van der Waals surface area contributed by atoms with Crippen LogP contribution in [0.3, 0.4) is 0 Å². The Morgan fingerprint density at radius 2 is 1.73 bits per heavy atom. The summed E-state index contributed by atoms with van der Waals surface area (Å²) in [5.74, 6) is 0.792. The number of rotatable bonds is 5. The molecule has 9 atom stereocenters. The maximum absolute atomic E-state index is 12.1.